The Morgan fingerprint density at radius 2 is 1.88 bits per heavy atom. The summed E-state index contributed by atoms with van der Waals surface area (Å²) in [5, 5.41) is 19.7. The lowest BCUT2D eigenvalue weighted by molar-refractivity contribution is -0.141. The summed E-state index contributed by atoms with van der Waals surface area (Å²) >= 11 is 0. The Morgan fingerprint density at radius 3 is 2.33 bits per heavy atom. The van der Waals surface area contributed by atoms with E-state index >= 15 is 0 Å². The predicted molar refractivity (Wildman–Crippen MR) is 84.3 cm³/mol. The highest BCUT2D eigenvalue weighted by Crippen LogP contribution is 2.28. The fraction of sp³-hybridized carbons (Fsp3) is 0.812. The van der Waals surface area contributed by atoms with Crippen LogP contribution in [0.1, 0.15) is 40.0 Å². The Morgan fingerprint density at radius 1 is 1.29 bits per heavy atom. The van der Waals surface area contributed by atoms with Gasteiger partial charge >= 0.3 is 12.1 Å². The van der Waals surface area contributed by atoms with Gasteiger partial charge in [0.2, 0.25) is 5.91 Å². The average molecular weight is 342 g/mol. The summed E-state index contributed by atoms with van der Waals surface area (Å²) in [7, 11) is 0. The minimum atomic E-state index is -1.10. The Balaban J connectivity index is 1.87. The van der Waals surface area contributed by atoms with E-state index in [2.05, 4.69) is 0 Å². The summed E-state index contributed by atoms with van der Waals surface area (Å²) in [6.45, 7) is 6.31. The van der Waals surface area contributed by atoms with Crippen LogP contribution in [0.15, 0.2) is 0 Å². The molecule has 1 unspecified atom stereocenters. The molecule has 0 aromatic heterocycles. The Kier molecular flexibility index (Phi) is 5.08. The molecule has 0 aromatic carbocycles. The van der Waals surface area contributed by atoms with Crippen LogP contribution in [0.5, 0.6) is 0 Å². The number of likely N-dealkylation sites (tertiary alicyclic amines) is 2. The minimum absolute atomic E-state index is 0.0184. The quantitative estimate of drug-likeness (QED) is 0.781. The number of amides is 2. The maximum absolute atomic E-state index is 12.0. The van der Waals surface area contributed by atoms with Crippen molar-refractivity contribution in [2.24, 2.45) is 5.92 Å². The van der Waals surface area contributed by atoms with E-state index < -0.39 is 29.2 Å². The molecule has 8 nitrogen and oxygen atoms in total. The maximum Gasteiger partial charge on any atom is 0.410 e. The van der Waals surface area contributed by atoms with E-state index in [1.165, 1.54) is 4.90 Å². The van der Waals surface area contributed by atoms with Crippen molar-refractivity contribution in [3.63, 3.8) is 0 Å². The van der Waals surface area contributed by atoms with Gasteiger partial charge in [0, 0.05) is 32.6 Å². The number of carboxylic acid groups (broad SMARTS) is 1. The Labute approximate surface area is 141 Å². The summed E-state index contributed by atoms with van der Waals surface area (Å²) in [5.41, 5.74) is -1.67. The summed E-state index contributed by atoms with van der Waals surface area (Å²) in [5.74, 6) is -1.94. The lowest BCUT2D eigenvalue weighted by Gasteiger charge is -2.40. The van der Waals surface area contributed by atoms with Crippen LogP contribution in [0.2, 0.25) is 0 Å². The van der Waals surface area contributed by atoms with Crippen molar-refractivity contribution in [1.29, 1.82) is 0 Å². The van der Waals surface area contributed by atoms with Crippen molar-refractivity contribution < 1.29 is 29.3 Å². The van der Waals surface area contributed by atoms with Gasteiger partial charge in [0.25, 0.3) is 0 Å². The van der Waals surface area contributed by atoms with Gasteiger partial charge in [-0.2, -0.15) is 0 Å². The molecule has 2 N–H and O–H groups in total. The minimum Gasteiger partial charge on any atom is -0.481 e. The highest BCUT2D eigenvalue weighted by Gasteiger charge is 2.41. The summed E-state index contributed by atoms with van der Waals surface area (Å²) in [6.07, 6.45) is 0.226. The summed E-state index contributed by atoms with van der Waals surface area (Å²) in [6, 6.07) is 0. The smallest absolute Gasteiger partial charge is 0.410 e. The van der Waals surface area contributed by atoms with Gasteiger partial charge in [-0.1, -0.05) is 0 Å². The Bertz CT molecular complexity index is 519. The van der Waals surface area contributed by atoms with Crippen molar-refractivity contribution in [1.82, 2.24) is 9.80 Å². The van der Waals surface area contributed by atoms with Crippen molar-refractivity contribution in [3.8, 4) is 0 Å². The molecule has 0 bridgehead atoms. The molecular formula is C16H26N2O6. The number of β-amino-alcohol motifs (C(OH)–C–C–N with tert-alkyl or cyclic N) is 1. The van der Waals surface area contributed by atoms with Crippen LogP contribution < -0.4 is 0 Å². The number of carbonyl (C=O) groups excluding carboxylic acids is 2. The van der Waals surface area contributed by atoms with E-state index in [0.29, 0.717) is 25.9 Å². The molecule has 24 heavy (non-hydrogen) atoms. The first kappa shape index (κ1) is 18.5. The highest BCUT2D eigenvalue weighted by atomic mass is 16.6. The molecule has 1 atom stereocenters. The van der Waals surface area contributed by atoms with Gasteiger partial charge in [-0.05, 0) is 33.6 Å². The van der Waals surface area contributed by atoms with Crippen LogP contribution in [0.3, 0.4) is 0 Å². The maximum atomic E-state index is 12.0. The van der Waals surface area contributed by atoms with Gasteiger partial charge in [-0.25, -0.2) is 4.79 Å². The van der Waals surface area contributed by atoms with Crippen LogP contribution in [-0.4, -0.2) is 75.4 Å². The van der Waals surface area contributed by atoms with Gasteiger partial charge in [-0.3, -0.25) is 9.59 Å². The summed E-state index contributed by atoms with van der Waals surface area (Å²) < 4.78 is 5.31. The highest BCUT2D eigenvalue weighted by molar-refractivity contribution is 5.86. The van der Waals surface area contributed by atoms with Crippen LogP contribution in [0.25, 0.3) is 0 Å². The Hall–Kier alpha value is -1.83. The standard InChI is InChI=1S/C16H26N2O6/c1-15(2,3)24-14(22)17-6-4-16(23,5-7-17)10-18-9-11(13(20)21)8-12(18)19/h11,23H,4-10H2,1-3H3,(H,20,21). The molecule has 0 aromatic rings. The molecule has 0 saturated carbocycles. The van der Waals surface area contributed by atoms with Crippen LogP contribution in [0, 0.1) is 5.92 Å². The zero-order valence-electron chi connectivity index (χ0n) is 14.4. The van der Waals surface area contributed by atoms with Gasteiger partial charge in [0.05, 0.1) is 11.5 Å². The van der Waals surface area contributed by atoms with E-state index in [1.807, 2.05) is 0 Å². The van der Waals surface area contributed by atoms with Gasteiger partial charge in [0.1, 0.15) is 5.60 Å². The summed E-state index contributed by atoms with van der Waals surface area (Å²) in [4.78, 5) is 37.9. The van der Waals surface area contributed by atoms with Gasteiger partial charge < -0.3 is 24.7 Å². The van der Waals surface area contributed by atoms with E-state index in [4.69, 9.17) is 9.84 Å². The third-order valence-electron chi connectivity index (χ3n) is 4.39. The van der Waals surface area contributed by atoms with Gasteiger partial charge in [0.15, 0.2) is 0 Å². The van der Waals surface area contributed by atoms with Crippen LogP contribution >= 0.6 is 0 Å². The lowest BCUT2D eigenvalue weighted by Crippen LogP contribution is -2.53. The third kappa shape index (κ3) is 4.59. The molecule has 2 heterocycles. The molecule has 2 fully saturated rings. The largest absolute Gasteiger partial charge is 0.481 e. The third-order valence-corrected chi connectivity index (χ3v) is 4.39. The molecule has 8 heteroatoms. The first-order valence-corrected chi connectivity index (χ1v) is 8.20. The topological polar surface area (TPSA) is 107 Å². The van der Waals surface area contributed by atoms with E-state index in [-0.39, 0.29) is 25.4 Å². The number of carbonyl (C=O) groups is 3. The molecule has 0 radical (unpaired) electrons. The molecule has 0 aliphatic carbocycles. The number of carboxylic acids is 1. The first-order chi connectivity index (χ1) is 11.0. The van der Waals surface area contributed by atoms with Gasteiger partial charge in [-0.15, -0.1) is 0 Å². The predicted octanol–water partition coefficient (Wildman–Crippen LogP) is 0.681. The molecule has 2 aliphatic rings. The van der Waals surface area contributed by atoms with E-state index in [0.717, 1.165) is 0 Å². The molecule has 2 amide bonds. The monoisotopic (exact) mass is 342 g/mol. The number of rotatable bonds is 3. The van der Waals surface area contributed by atoms with Crippen molar-refractivity contribution in [2.45, 2.75) is 51.2 Å². The molecule has 2 saturated heterocycles. The second-order valence-corrected chi connectivity index (χ2v) is 7.71. The molecule has 2 rings (SSSR count). The zero-order valence-corrected chi connectivity index (χ0v) is 14.4. The molecule has 136 valence electrons. The zero-order chi connectivity index (χ0) is 18.1. The SMILES string of the molecule is CC(C)(C)OC(=O)N1CCC(O)(CN2CC(C(=O)O)CC2=O)CC1. The number of piperidine rings is 1. The number of ether oxygens (including phenoxy) is 1. The van der Waals surface area contributed by atoms with Crippen LogP contribution in [-0.2, 0) is 14.3 Å². The lowest BCUT2D eigenvalue weighted by atomic mass is 9.91. The second kappa shape index (κ2) is 6.58. The number of nitrogens with zero attached hydrogens (tertiary/aromatic N) is 2. The number of aliphatic carboxylic acids is 1. The fourth-order valence-corrected chi connectivity index (χ4v) is 3.04. The number of hydrogen-bond acceptors (Lipinski definition) is 5. The molecule has 2 aliphatic heterocycles. The second-order valence-electron chi connectivity index (χ2n) is 7.71. The first-order valence-electron chi connectivity index (χ1n) is 8.20. The fourth-order valence-electron chi connectivity index (χ4n) is 3.04. The van der Waals surface area contributed by atoms with E-state index in [9.17, 15) is 19.5 Å². The van der Waals surface area contributed by atoms with E-state index in [1.54, 1.807) is 25.7 Å². The van der Waals surface area contributed by atoms with Crippen molar-refractivity contribution in [3.05, 3.63) is 0 Å². The number of hydrogen-bond donors (Lipinski definition) is 2. The molecular weight excluding hydrogens is 316 g/mol. The number of aliphatic hydroxyl groups is 1. The normalized spacial score (nSPS) is 24.2. The average Bonchev–Trinajstić information content (AvgIpc) is 2.78. The van der Waals surface area contributed by atoms with Crippen molar-refractivity contribution in [2.75, 3.05) is 26.2 Å². The molecule has 0 spiro atoms. The van der Waals surface area contributed by atoms with Crippen molar-refractivity contribution >= 4 is 18.0 Å². The van der Waals surface area contributed by atoms with Crippen LogP contribution in [0.4, 0.5) is 4.79 Å².